The quantitative estimate of drug-likeness (QED) is 0.566. The number of amides is 2. The van der Waals surface area contributed by atoms with E-state index in [0.29, 0.717) is 6.42 Å². The summed E-state index contributed by atoms with van der Waals surface area (Å²) in [4.78, 5) is 27.7. The molecular formula is C25H24ClFN2O2. The fourth-order valence-electron chi connectivity index (χ4n) is 3.45. The van der Waals surface area contributed by atoms with Gasteiger partial charge in [0.15, 0.2) is 0 Å². The number of hydrogen-bond acceptors (Lipinski definition) is 2. The zero-order valence-corrected chi connectivity index (χ0v) is 18.0. The SMILES string of the molecule is CNC(=O)[C@H](Cc1ccccc1)N(Cc1ccccc1)C(=O)Cc1c(F)cccc1Cl. The van der Waals surface area contributed by atoms with Crippen LogP contribution in [0.2, 0.25) is 5.02 Å². The average Bonchev–Trinajstić information content (AvgIpc) is 2.79. The number of rotatable bonds is 8. The van der Waals surface area contributed by atoms with Gasteiger partial charge >= 0.3 is 0 Å². The standard InChI is InChI=1S/C25H24ClFN2O2/c1-28-25(31)23(15-18-9-4-2-5-10-18)29(17-19-11-6-3-7-12-19)24(30)16-20-21(26)13-8-14-22(20)27/h2-14,23H,15-17H2,1H3,(H,28,31)/t23-/m0/s1. The van der Waals surface area contributed by atoms with Crippen molar-refractivity contribution in [2.24, 2.45) is 0 Å². The molecule has 0 saturated heterocycles. The third-order valence-electron chi connectivity index (χ3n) is 5.10. The van der Waals surface area contributed by atoms with Gasteiger partial charge in [-0.3, -0.25) is 9.59 Å². The first kappa shape index (κ1) is 22.5. The Hall–Kier alpha value is -3.18. The van der Waals surface area contributed by atoms with Crippen LogP contribution >= 0.6 is 11.6 Å². The van der Waals surface area contributed by atoms with Gasteiger partial charge in [0.25, 0.3) is 0 Å². The second kappa shape index (κ2) is 10.7. The molecule has 0 aromatic heterocycles. The summed E-state index contributed by atoms with van der Waals surface area (Å²) in [7, 11) is 1.54. The van der Waals surface area contributed by atoms with Gasteiger partial charge in [-0.2, -0.15) is 0 Å². The summed E-state index contributed by atoms with van der Waals surface area (Å²) in [5.41, 5.74) is 1.92. The van der Waals surface area contributed by atoms with Gasteiger partial charge < -0.3 is 10.2 Å². The second-order valence-electron chi connectivity index (χ2n) is 7.20. The van der Waals surface area contributed by atoms with E-state index in [0.717, 1.165) is 11.1 Å². The summed E-state index contributed by atoms with van der Waals surface area (Å²) in [5, 5.41) is 2.85. The van der Waals surface area contributed by atoms with Crippen LogP contribution in [0.5, 0.6) is 0 Å². The van der Waals surface area contributed by atoms with Crippen molar-refractivity contribution in [1.82, 2.24) is 10.2 Å². The van der Waals surface area contributed by atoms with Crippen LogP contribution in [0.4, 0.5) is 4.39 Å². The molecule has 1 atom stereocenters. The molecule has 160 valence electrons. The van der Waals surface area contributed by atoms with E-state index < -0.39 is 11.9 Å². The van der Waals surface area contributed by atoms with Gasteiger partial charge in [0.1, 0.15) is 11.9 Å². The van der Waals surface area contributed by atoms with E-state index in [-0.39, 0.29) is 35.4 Å². The number of nitrogens with one attached hydrogen (secondary N) is 1. The Kier molecular flexibility index (Phi) is 7.79. The van der Waals surface area contributed by atoms with Crippen LogP contribution in [-0.2, 0) is 29.0 Å². The largest absolute Gasteiger partial charge is 0.357 e. The number of carbonyl (C=O) groups is 2. The Morgan fingerprint density at radius 3 is 2.13 bits per heavy atom. The van der Waals surface area contributed by atoms with E-state index in [1.165, 1.54) is 17.0 Å². The van der Waals surface area contributed by atoms with Crippen molar-refractivity contribution in [3.8, 4) is 0 Å². The second-order valence-corrected chi connectivity index (χ2v) is 7.61. The minimum absolute atomic E-state index is 0.127. The van der Waals surface area contributed by atoms with E-state index in [4.69, 9.17) is 11.6 Å². The molecule has 3 aromatic rings. The van der Waals surface area contributed by atoms with E-state index in [1.807, 2.05) is 60.7 Å². The molecule has 4 nitrogen and oxygen atoms in total. The molecule has 1 N–H and O–H groups in total. The highest BCUT2D eigenvalue weighted by Gasteiger charge is 2.30. The molecule has 0 spiro atoms. The predicted octanol–water partition coefficient (Wildman–Crippen LogP) is 4.41. The van der Waals surface area contributed by atoms with Crippen LogP contribution in [0.3, 0.4) is 0 Å². The summed E-state index contributed by atoms with van der Waals surface area (Å²) in [6.07, 6.45) is 0.102. The third kappa shape index (κ3) is 5.92. The van der Waals surface area contributed by atoms with E-state index in [9.17, 15) is 14.0 Å². The summed E-state index contributed by atoms with van der Waals surface area (Å²) in [5.74, 6) is -1.20. The van der Waals surface area contributed by atoms with Gasteiger partial charge in [-0.15, -0.1) is 0 Å². The van der Waals surface area contributed by atoms with Crippen molar-refractivity contribution in [2.75, 3.05) is 7.05 Å². The number of carbonyl (C=O) groups excluding carboxylic acids is 2. The molecule has 0 aliphatic heterocycles. The Bertz CT molecular complexity index is 1010. The van der Waals surface area contributed by atoms with Crippen molar-refractivity contribution in [3.05, 3.63) is 106 Å². The first-order chi connectivity index (χ1) is 15.0. The lowest BCUT2D eigenvalue weighted by molar-refractivity contribution is -0.140. The molecule has 0 radical (unpaired) electrons. The average molecular weight is 439 g/mol. The zero-order valence-electron chi connectivity index (χ0n) is 17.2. The Morgan fingerprint density at radius 2 is 1.55 bits per heavy atom. The first-order valence-electron chi connectivity index (χ1n) is 10.0. The highest BCUT2D eigenvalue weighted by Crippen LogP contribution is 2.22. The minimum atomic E-state index is -0.759. The van der Waals surface area contributed by atoms with Crippen LogP contribution in [0.25, 0.3) is 0 Å². The Balaban J connectivity index is 1.96. The molecule has 3 aromatic carbocycles. The van der Waals surface area contributed by atoms with Gasteiger partial charge in [0.2, 0.25) is 11.8 Å². The number of likely N-dealkylation sites (N-methyl/N-ethyl adjacent to an activating group) is 1. The van der Waals surface area contributed by atoms with Crippen LogP contribution in [0.15, 0.2) is 78.9 Å². The molecule has 0 bridgehead atoms. The molecule has 0 aliphatic rings. The van der Waals surface area contributed by atoms with Crippen molar-refractivity contribution in [3.63, 3.8) is 0 Å². The lowest BCUT2D eigenvalue weighted by Gasteiger charge is -2.31. The molecule has 0 heterocycles. The molecule has 0 aliphatic carbocycles. The fraction of sp³-hybridized carbons (Fsp3) is 0.200. The monoisotopic (exact) mass is 438 g/mol. The molecular weight excluding hydrogens is 415 g/mol. The number of nitrogens with zero attached hydrogens (tertiary/aromatic N) is 1. The maximum Gasteiger partial charge on any atom is 0.242 e. The van der Waals surface area contributed by atoms with E-state index in [2.05, 4.69) is 5.32 Å². The molecule has 31 heavy (non-hydrogen) atoms. The lowest BCUT2D eigenvalue weighted by Crippen LogP contribution is -2.50. The fourth-order valence-corrected chi connectivity index (χ4v) is 3.68. The van der Waals surface area contributed by atoms with Crippen molar-refractivity contribution < 1.29 is 14.0 Å². The molecule has 0 fully saturated rings. The van der Waals surface area contributed by atoms with E-state index in [1.54, 1.807) is 13.1 Å². The molecule has 3 rings (SSSR count). The Labute approximate surface area is 186 Å². The van der Waals surface area contributed by atoms with Crippen LogP contribution < -0.4 is 5.32 Å². The minimum Gasteiger partial charge on any atom is -0.357 e. The van der Waals surface area contributed by atoms with Crippen molar-refractivity contribution in [2.45, 2.75) is 25.4 Å². The summed E-state index contributed by atoms with van der Waals surface area (Å²) in [6, 6.07) is 22.5. The smallest absolute Gasteiger partial charge is 0.242 e. The summed E-state index contributed by atoms with van der Waals surface area (Å²) in [6.45, 7) is 0.219. The number of halogens is 2. The van der Waals surface area contributed by atoms with Crippen molar-refractivity contribution in [1.29, 1.82) is 0 Å². The van der Waals surface area contributed by atoms with Crippen LogP contribution in [0.1, 0.15) is 16.7 Å². The summed E-state index contributed by atoms with van der Waals surface area (Å²) >= 11 is 6.15. The molecule has 0 unspecified atom stereocenters. The van der Waals surface area contributed by atoms with Crippen LogP contribution in [0, 0.1) is 5.82 Å². The maximum absolute atomic E-state index is 14.3. The van der Waals surface area contributed by atoms with Gasteiger partial charge in [-0.25, -0.2) is 4.39 Å². The first-order valence-corrected chi connectivity index (χ1v) is 10.4. The number of hydrogen-bond donors (Lipinski definition) is 1. The normalized spacial score (nSPS) is 11.6. The van der Waals surface area contributed by atoms with Gasteiger partial charge in [-0.1, -0.05) is 78.3 Å². The lowest BCUT2D eigenvalue weighted by atomic mass is 10.0. The van der Waals surface area contributed by atoms with Gasteiger partial charge in [-0.05, 0) is 23.3 Å². The third-order valence-corrected chi connectivity index (χ3v) is 5.46. The topological polar surface area (TPSA) is 49.4 Å². The summed E-state index contributed by atoms with van der Waals surface area (Å²) < 4.78 is 14.3. The molecule has 0 saturated carbocycles. The maximum atomic E-state index is 14.3. The van der Waals surface area contributed by atoms with E-state index >= 15 is 0 Å². The highest BCUT2D eigenvalue weighted by atomic mass is 35.5. The number of benzene rings is 3. The highest BCUT2D eigenvalue weighted by molar-refractivity contribution is 6.31. The molecule has 2 amide bonds. The van der Waals surface area contributed by atoms with Crippen molar-refractivity contribution >= 4 is 23.4 Å². The van der Waals surface area contributed by atoms with Gasteiger partial charge in [0, 0.05) is 30.6 Å². The molecule has 6 heteroatoms. The van der Waals surface area contributed by atoms with Gasteiger partial charge in [0.05, 0.1) is 6.42 Å². The predicted molar refractivity (Wildman–Crippen MR) is 120 cm³/mol. The zero-order chi connectivity index (χ0) is 22.2. The van der Waals surface area contributed by atoms with Crippen LogP contribution in [-0.4, -0.2) is 29.8 Å². The Morgan fingerprint density at radius 1 is 0.935 bits per heavy atom.